The summed E-state index contributed by atoms with van der Waals surface area (Å²) in [5, 5.41) is 0. The third kappa shape index (κ3) is 99.7. The Morgan fingerprint density at radius 1 is 0.564 bits per heavy atom. The van der Waals surface area contributed by atoms with Gasteiger partial charge in [-0.15, -0.1) is 0 Å². The van der Waals surface area contributed by atoms with Crippen molar-refractivity contribution in [1.29, 1.82) is 0 Å². The smallest absolute Gasteiger partial charge is 0.182 e. The van der Waals surface area contributed by atoms with Crippen LogP contribution in [0.25, 0.3) is 6.08 Å². The zero-order chi connectivity index (χ0) is 13.4. The molecule has 0 amide bonds. The second-order valence-corrected chi connectivity index (χ2v) is 4.78. The van der Waals surface area contributed by atoms with E-state index in [4.69, 9.17) is 0 Å². The first-order valence-corrected chi connectivity index (χ1v) is 6.67. The number of hydrogen-bond acceptors (Lipinski definition) is 0. The molecule has 0 fully saturated rings. The second-order valence-electron chi connectivity index (χ2n) is 4.78. The molecule has 0 spiro atoms. The number of aromatic nitrogens is 1. The van der Waals surface area contributed by atoms with Crippen LogP contribution in [0.2, 0.25) is 0 Å². The summed E-state index contributed by atoms with van der Waals surface area (Å²) in [6, 6.07) is 2.17. The average Bonchev–Trinajstić information content (AvgIpc) is 2.74. The van der Waals surface area contributed by atoms with E-state index in [1.54, 1.807) is 0 Å². The Balaban J connectivity index is -0.00000000412. The second kappa shape index (κ2) is 118. The van der Waals surface area contributed by atoms with Gasteiger partial charge in [0.15, 0.2) is 11.9 Å². The van der Waals surface area contributed by atoms with Gasteiger partial charge in [-0.25, -0.2) is 4.57 Å². The number of fused-ring (bicyclic) bond motifs is 1. The molecule has 0 atom stereocenters. The molecule has 0 bridgehead atoms. The van der Waals surface area contributed by atoms with Crippen LogP contribution in [-0.4, -0.2) is 0 Å². The fourth-order valence-corrected chi connectivity index (χ4v) is 1.55. The molecule has 1 nitrogen and oxygen atoms in total. The van der Waals surface area contributed by atoms with Crippen LogP contribution < -0.4 is 4.57 Å². The molecule has 0 N–H and O–H groups in total. The molecule has 1 aromatic rings. The summed E-state index contributed by atoms with van der Waals surface area (Å²) >= 11 is 0. The molecule has 2 rings (SSSR count). The molecular formula is C17H31NY21. The number of allylic oxidation sites excluding steroid dienone is 1. The number of aryl methyl sites for hydroxylation is 1. The van der Waals surface area contributed by atoms with Crippen LogP contribution in [0.4, 0.5) is 0 Å². The van der Waals surface area contributed by atoms with E-state index in [0.29, 0.717) is 0 Å². The molecule has 0 saturated carbocycles. The summed E-state index contributed by atoms with van der Waals surface area (Å²) in [5.74, 6) is 0.833. The Hall–Kier alpha value is 22.1. The van der Waals surface area contributed by atoms with E-state index >= 15 is 0 Å². The van der Waals surface area contributed by atoms with Crippen LogP contribution >= 0.6 is 0 Å². The minimum absolute atomic E-state index is 0. The van der Waals surface area contributed by atoms with E-state index < -0.39 is 0 Å². The minimum Gasteiger partial charge on any atom is -0.358 e. The molecule has 21 radical (unpaired) electrons. The van der Waals surface area contributed by atoms with E-state index in [2.05, 4.69) is 63.7 Å². The van der Waals surface area contributed by atoms with Crippen molar-refractivity contribution in [3.05, 3.63) is 42.6 Å². The van der Waals surface area contributed by atoms with Gasteiger partial charge >= 0.3 is 0 Å². The molecular weight excluding hydrogens is 2090 g/mol. The van der Waals surface area contributed by atoms with Crippen LogP contribution in [0.15, 0.2) is 18.3 Å². The maximum absolute atomic E-state index is 2.22. The Morgan fingerprint density at radius 2 is 0.795 bits per heavy atom. The van der Waals surface area contributed by atoms with E-state index in [9.17, 15) is 0 Å². The molecule has 1 aliphatic rings. The number of pyridine rings is 1. The maximum atomic E-state index is 2.22. The van der Waals surface area contributed by atoms with Gasteiger partial charge in [0.2, 0.25) is 0 Å². The fraction of sp³-hybridized carbons (Fsp3) is 0.529. The van der Waals surface area contributed by atoms with Crippen molar-refractivity contribution in [2.45, 2.75) is 48.0 Å². The van der Waals surface area contributed by atoms with Gasteiger partial charge in [-0.3, -0.25) is 0 Å². The van der Waals surface area contributed by atoms with Crippen molar-refractivity contribution < 1.29 is 691 Å². The third-order valence-corrected chi connectivity index (χ3v) is 2.41. The zero-order valence-corrected chi connectivity index (χ0v) is 85.3. The monoisotopic (exact) mass is 2120 g/mol. The van der Waals surface area contributed by atoms with Gasteiger partial charge in [0.1, 0.15) is 7.05 Å². The molecule has 0 saturated heterocycles. The van der Waals surface area contributed by atoms with E-state index in [1.807, 2.05) is 13.8 Å². The summed E-state index contributed by atoms with van der Waals surface area (Å²) in [6.07, 6.45) is 7.64. The maximum Gasteiger partial charge on any atom is 0.182 e. The first kappa shape index (κ1) is 152. The largest absolute Gasteiger partial charge is 0.358 e. The van der Waals surface area contributed by atoms with E-state index in [1.165, 1.54) is 16.8 Å². The molecule has 22 heteroatoms. The van der Waals surface area contributed by atoms with Crippen molar-refractivity contribution in [3.8, 4) is 0 Å². The van der Waals surface area contributed by atoms with Crippen LogP contribution in [0.1, 0.15) is 51.4 Å². The summed E-state index contributed by atoms with van der Waals surface area (Å²) in [4.78, 5) is 0. The SMILES string of the molecule is CC.CC(C)C.Cc1c2c(cc[n+]1C)C=CC2.[CH3-].[Y].[Y].[Y].[Y].[Y].[Y].[Y].[Y].[Y].[Y].[Y].[Y].[Y].[Y].[Y].[Y].[Y].[Y].[Y].[Y].[Y]. The first-order valence-electron chi connectivity index (χ1n) is 6.67. The number of hydrogen-bond donors (Lipinski definition) is 0. The standard InChI is InChI=1S/C10H12N.C4H10.C2H6.CH3.21Y/c1-8-10-5-3-4-9(10)6-7-11(8)2;1-4(2)3;1-2;;;;;;;;;;;;;;;;;;;;;;/h3-4,6-7H,5H2,1-2H3;4H,1-3H3;1-2H3;1H3;;;;;;;;;;;;;;;;;;;;;/q+1;;;-1;;;;;;;;;;;;;;;;;;;;;. The predicted octanol–water partition coefficient (Wildman–Crippen LogP) is 4.48. The average molecular weight is 2120 g/mol. The van der Waals surface area contributed by atoms with Crippen LogP contribution in [-0.2, 0) is 700 Å². The van der Waals surface area contributed by atoms with Gasteiger partial charge < -0.3 is 7.43 Å². The summed E-state index contributed by atoms with van der Waals surface area (Å²) < 4.78 is 2.17. The summed E-state index contributed by atoms with van der Waals surface area (Å²) in [6.45, 7) is 12.7. The quantitative estimate of drug-likeness (QED) is 0.267. The molecule has 39 heavy (non-hydrogen) atoms. The molecule has 0 aliphatic heterocycles. The van der Waals surface area contributed by atoms with Crippen molar-refractivity contribution in [3.63, 3.8) is 0 Å². The van der Waals surface area contributed by atoms with Crippen molar-refractivity contribution >= 4 is 6.08 Å². The Bertz CT molecular complexity index is 398. The van der Waals surface area contributed by atoms with Crippen LogP contribution in [0.3, 0.4) is 0 Å². The van der Waals surface area contributed by atoms with Crippen molar-refractivity contribution in [1.82, 2.24) is 0 Å². The van der Waals surface area contributed by atoms with Gasteiger partial charge in [-0.2, -0.15) is 0 Å². The number of nitrogens with zero attached hydrogens (tertiary/aromatic N) is 1. The van der Waals surface area contributed by atoms with Gasteiger partial charge in [-0.05, 0) is 17.9 Å². The van der Waals surface area contributed by atoms with E-state index in [-0.39, 0.29) is 694 Å². The van der Waals surface area contributed by atoms with Gasteiger partial charge in [0.05, 0.1) is 0 Å². The molecule has 1 aromatic heterocycles. The topological polar surface area (TPSA) is 3.88 Å². The van der Waals surface area contributed by atoms with Crippen LogP contribution in [0, 0.1) is 20.3 Å². The Kier molecular flexibility index (Phi) is 462. The molecule has 167 valence electrons. The van der Waals surface area contributed by atoms with Crippen molar-refractivity contribution in [2.75, 3.05) is 0 Å². The van der Waals surface area contributed by atoms with Gasteiger partial charge in [0.25, 0.3) is 0 Å². The Labute approximate surface area is 774 Å². The Morgan fingerprint density at radius 3 is 1.03 bits per heavy atom. The fourth-order valence-electron chi connectivity index (χ4n) is 1.55. The molecule has 1 aliphatic carbocycles. The summed E-state index contributed by atoms with van der Waals surface area (Å²) in [5.41, 5.74) is 4.25. The van der Waals surface area contributed by atoms with Crippen molar-refractivity contribution in [2.24, 2.45) is 13.0 Å². The van der Waals surface area contributed by atoms with Crippen LogP contribution in [0.5, 0.6) is 0 Å². The number of rotatable bonds is 0. The molecule has 0 aromatic carbocycles. The third-order valence-electron chi connectivity index (χ3n) is 2.41. The first-order chi connectivity index (χ1) is 8.02. The zero-order valence-electron chi connectivity index (χ0n) is 25.7. The predicted molar refractivity (Wildman–Crippen MR) is 83.4 cm³/mol. The van der Waals surface area contributed by atoms with Gasteiger partial charge in [0, 0.05) is 705 Å². The molecule has 1 heterocycles. The van der Waals surface area contributed by atoms with E-state index in [0.717, 1.165) is 12.3 Å². The summed E-state index contributed by atoms with van der Waals surface area (Å²) in [7, 11) is 2.09. The molecule has 0 unspecified atom stereocenters. The normalized spacial score (nSPS) is 4.92. The minimum atomic E-state index is 0. The van der Waals surface area contributed by atoms with Gasteiger partial charge in [-0.1, -0.05) is 46.8 Å².